The van der Waals surface area contributed by atoms with Crippen LogP contribution in [-0.2, 0) is 6.42 Å². The van der Waals surface area contributed by atoms with E-state index in [2.05, 4.69) is 10.2 Å². The van der Waals surface area contributed by atoms with Crippen LogP contribution >= 0.6 is 0 Å². The van der Waals surface area contributed by atoms with Crippen molar-refractivity contribution >= 4 is 23.8 Å². The van der Waals surface area contributed by atoms with E-state index in [-0.39, 0.29) is 18.1 Å². The number of imidazole rings is 1. The average Bonchev–Trinajstić information content (AvgIpc) is 3.13. The minimum atomic E-state index is -0.420. The molecule has 1 heterocycles. The SMILES string of the molecule is CCc1n(N=Cc2ccc(N(C)C)cc2)cc[n+]1N=Cc1ccc([N+](=O)[O-])cc1.[Cl-]. The van der Waals surface area contributed by atoms with Gasteiger partial charge in [0.1, 0.15) is 0 Å². The van der Waals surface area contributed by atoms with Gasteiger partial charge in [-0.05, 0) is 35.4 Å². The molecule has 0 aliphatic carbocycles. The van der Waals surface area contributed by atoms with Crippen molar-refractivity contribution < 1.29 is 22.0 Å². The second kappa shape index (κ2) is 10.3. The van der Waals surface area contributed by atoms with E-state index in [9.17, 15) is 10.1 Å². The van der Waals surface area contributed by atoms with Crippen LogP contribution in [0.25, 0.3) is 0 Å². The number of nitrogens with zero attached hydrogens (tertiary/aromatic N) is 6. The third-order valence-corrected chi connectivity index (χ3v) is 4.37. The Bertz CT molecular complexity index is 1040. The van der Waals surface area contributed by atoms with Crippen LogP contribution < -0.4 is 22.0 Å². The van der Waals surface area contributed by atoms with Gasteiger partial charge in [-0.25, -0.2) is 0 Å². The molecule has 0 bridgehead atoms. The first-order valence-corrected chi connectivity index (χ1v) is 9.20. The highest BCUT2D eigenvalue weighted by molar-refractivity contribution is 5.80. The maximum Gasteiger partial charge on any atom is 0.307 e. The minimum Gasteiger partial charge on any atom is -1.00 e. The molecule has 30 heavy (non-hydrogen) atoms. The van der Waals surface area contributed by atoms with E-state index in [1.807, 2.05) is 68.8 Å². The summed E-state index contributed by atoms with van der Waals surface area (Å²) in [6.07, 6.45) is 7.88. The molecule has 3 aromatic rings. The lowest BCUT2D eigenvalue weighted by Gasteiger charge is -2.11. The van der Waals surface area contributed by atoms with E-state index in [1.54, 1.807) is 27.7 Å². The molecule has 3 rings (SSSR count). The highest BCUT2D eigenvalue weighted by Crippen LogP contribution is 2.12. The molecule has 0 saturated carbocycles. The molecular formula is C21H23ClN6O2. The molecule has 0 radical (unpaired) electrons. The van der Waals surface area contributed by atoms with Gasteiger partial charge < -0.3 is 17.3 Å². The van der Waals surface area contributed by atoms with Crippen molar-refractivity contribution in [3.05, 3.63) is 88.0 Å². The molecule has 0 amide bonds. The summed E-state index contributed by atoms with van der Waals surface area (Å²) < 4.78 is 3.53. The Kier molecular flexibility index (Phi) is 7.83. The molecular weight excluding hydrogens is 404 g/mol. The van der Waals surface area contributed by atoms with Gasteiger partial charge in [-0.3, -0.25) is 10.1 Å². The van der Waals surface area contributed by atoms with Crippen molar-refractivity contribution in [3.8, 4) is 0 Å². The Balaban J connectivity index is 0.00000320. The fourth-order valence-corrected chi connectivity index (χ4v) is 2.74. The number of benzene rings is 2. The molecule has 2 aromatic carbocycles. The molecule has 0 unspecified atom stereocenters. The largest absolute Gasteiger partial charge is 1.00 e. The number of nitro groups is 1. The van der Waals surface area contributed by atoms with E-state index < -0.39 is 4.92 Å². The lowest BCUT2D eigenvalue weighted by atomic mass is 10.2. The summed E-state index contributed by atoms with van der Waals surface area (Å²) in [7, 11) is 4.01. The Hall–Kier alpha value is -3.52. The van der Waals surface area contributed by atoms with E-state index in [0.717, 1.165) is 29.1 Å². The molecule has 0 fully saturated rings. The fourth-order valence-electron chi connectivity index (χ4n) is 2.74. The van der Waals surface area contributed by atoms with Gasteiger partial charge in [0, 0.05) is 31.9 Å². The number of hydrogen-bond acceptors (Lipinski definition) is 5. The molecule has 1 aromatic heterocycles. The summed E-state index contributed by atoms with van der Waals surface area (Å²) in [4.78, 5) is 12.4. The summed E-state index contributed by atoms with van der Waals surface area (Å²) in [5.74, 6) is 0.907. The van der Waals surface area contributed by atoms with Gasteiger partial charge in [0.05, 0.1) is 23.8 Å². The number of nitro benzene ring substituents is 1. The molecule has 156 valence electrons. The molecule has 0 atom stereocenters. The Morgan fingerprint density at radius 2 is 1.67 bits per heavy atom. The number of hydrogen-bond donors (Lipinski definition) is 0. The zero-order chi connectivity index (χ0) is 20.8. The molecule has 0 aliphatic rings. The quantitative estimate of drug-likeness (QED) is 0.232. The zero-order valence-electron chi connectivity index (χ0n) is 17.0. The Morgan fingerprint density at radius 3 is 2.23 bits per heavy atom. The van der Waals surface area contributed by atoms with Crippen LogP contribution in [0.15, 0.2) is 71.1 Å². The van der Waals surface area contributed by atoms with Gasteiger partial charge in [0.2, 0.25) is 0 Å². The van der Waals surface area contributed by atoms with Crippen LogP contribution in [0.1, 0.15) is 23.9 Å². The number of halogens is 1. The summed E-state index contributed by atoms with van der Waals surface area (Å²) in [5.41, 5.74) is 2.98. The number of rotatable bonds is 7. The predicted molar refractivity (Wildman–Crippen MR) is 114 cm³/mol. The van der Waals surface area contributed by atoms with Crippen molar-refractivity contribution in [3.63, 3.8) is 0 Å². The van der Waals surface area contributed by atoms with E-state index in [0.29, 0.717) is 0 Å². The van der Waals surface area contributed by atoms with E-state index in [4.69, 9.17) is 0 Å². The number of anilines is 1. The molecule has 0 N–H and O–H groups in total. The summed E-state index contributed by atoms with van der Waals surface area (Å²) in [6.45, 7) is 2.03. The molecule has 0 aliphatic heterocycles. The monoisotopic (exact) mass is 426 g/mol. The van der Waals surface area contributed by atoms with Gasteiger partial charge in [0.15, 0.2) is 12.4 Å². The van der Waals surface area contributed by atoms with Gasteiger partial charge >= 0.3 is 5.82 Å². The van der Waals surface area contributed by atoms with Gasteiger partial charge in [-0.2, -0.15) is 0 Å². The second-order valence-corrected chi connectivity index (χ2v) is 6.58. The van der Waals surface area contributed by atoms with E-state index in [1.165, 1.54) is 12.1 Å². The van der Waals surface area contributed by atoms with Crippen molar-refractivity contribution in [2.24, 2.45) is 10.2 Å². The lowest BCUT2D eigenvalue weighted by Crippen LogP contribution is -3.00. The summed E-state index contributed by atoms with van der Waals surface area (Å²) >= 11 is 0. The van der Waals surface area contributed by atoms with Crippen molar-refractivity contribution in [1.82, 2.24) is 4.68 Å². The maximum atomic E-state index is 10.7. The lowest BCUT2D eigenvalue weighted by molar-refractivity contribution is -0.685. The normalized spacial score (nSPS) is 11.0. The number of aromatic nitrogens is 2. The highest BCUT2D eigenvalue weighted by Gasteiger charge is 2.14. The minimum absolute atomic E-state index is 0. The predicted octanol–water partition coefficient (Wildman–Crippen LogP) is 0.0806. The fraction of sp³-hybridized carbons (Fsp3) is 0.190. The smallest absolute Gasteiger partial charge is 0.307 e. The van der Waals surface area contributed by atoms with Crippen LogP contribution in [-0.4, -0.2) is 36.1 Å². The van der Waals surface area contributed by atoms with Crippen molar-refractivity contribution in [2.75, 3.05) is 19.0 Å². The third-order valence-electron chi connectivity index (χ3n) is 4.37. The molecule has 0 spiro atoms. The van der Waals surface area contributed by atoms with Crippen LogP contribution in [0.3, 0.4) is 0 Å². The van der Waals surface area contributed by atoms with E-state index >= 15 is 0 Å². The van der Waals surface area contributed by atoms with Crippen LogP contribution in [0.4, 0.5) is 11.4 Å². The van der Waals surface area contributed by atoms with Crippen LogP contribution in [0.5, 0.6) is 0 Å². The molecule has 8 nitrogen and oxygen atoms in total. The first kappa shape index (κ1) is 22.8. The summed E-state index contributed by atoms with van der Waals surface area (Å²) in [5, 5.41) is 19.7. The van der Waals surface area contributed by atoms with Crippen molar-refractivity contribution in [1.29, 1.82) is 0 Å². The van der Waals surface area contributed by atoms with Crippen molar-refractivity contribution in [2.45, 2.75) is 13.3 Å². The second-order valence-electron chi connectivity index (χ2n) is 6.58. The standard InChI is InChI=1S/C21H23N6O2.ClH/c1-4-21-25(22-15-17-5-9-19(10-6-17)24(2)3)13-14-26(21)23-16-18-7-11-20(12-8-18)27(28)29;/h5-16H,4H2,1-3H3;1H/q+1;/p-1. The summed E-state index contributed by atoms with van der Waals surface area (Å²) in [6, 6.07) is 14.4. The third kappa shape index (κ3) is 5.51. The number of non-ortho nitro benzene ring substituents is 1. The molecule has 0 saturated heterocycles. The highest BCUT2D eigenvalue weighted by atomic mass is 35.5. The van der Waals surface area contributed by atoms with Gasteiger partial charge in [-0.1, -0.05) is 29.3 Å². The Labute approximate surface area is 181 Å². The first-order chi connectivity index (χ1) is 14.0. The van der Waals surface area contributed by atoms with Crippen LogP contribution in [0, 0.1) is 10.1 Å². The van der Waals surface area contributed by atoms with Crippen LogP contribution in [0.2, 0.25) is 0 Å². The van der Waals surface area contributed by atoms with Gasteiger partial charge in [0.25, 0.3) is 5.69 Å². The maximum absolute atomic E-state index is 10.7. The Morgan fingerprint density at radius 1 is 1.07 bits per heavy atom. The molecule has 9 heteroatoms. The zero-order valence-corrected chi connectivity index (χ0v) is 17.8. The first-order valence-electron chi connectivity index (χ1n) is 9.20. The van der Waals surface area contributed by atoms with Gasteiger partial charge in [-0.15, -0.1) is 9.35 Å². The average molecular weight is 427 g/mol. The topological polar surface area (TPSA) is 79.9 Å².